The first-order chi connectivity index (χ1) is 11.5. The fourth-order valence-electron chi connectivity index (χ4n) is 4.73. The molecule has 0 N–H and O–H groups in total. The van der Waals surface area contributed by atoms with E-state index in [9.17, 15) is 0 Å². The smallest absolute Gasteiger partial charge is 0.00132 e. The molecule has 25 heavy (non-hydrogen) atoms. The SMILES string of the molecule is CC(C)(C)c1ccc2c(c1)Cc1cc3c(cc1-2)C(C)(C)CCC3(C)C. The summed E-state index contributed by atoms with van der Waals surface area (Å²) in [7, 11) is 0. The van der Waals surface area contributed by atoms with Crippen LogP contribution >= 0.6 is 0 Å². The Hall–Kier alpha value is -1.56. The fourth-order valence-corrected chi connectivity index (χ4v) is 4.73. The summed E-state index contributed by atoms with van der Waals surface area (Å²) in [5, 5.41) is 0. The molecule has 0 spiro atoms. The van der Waals surface area contributed by atoms with Gasteiger partial charge in [0.05, 0.1) is 0 Å². The van der Waals surface area contributed by atoms with E-state index in [1.807, 2.05) is 0 Å². The molecule has 0 radical (unpaired) electrons. The second kappa shape index (κ2) is 5.00. The van der Waals surface area contributed by atoms with E-state index in [1.165, 1.54) is 40.7 Å². The van der Waals surface area contributed by atoms with Gasteiger partial charge in [-0.05, 0) is 74.5 Å². The lowest BCUT2D eigenvalue weighted by Crippen LogP contribution is -2.34. The molecule has 0 bridgehead atoms. The van der Waals surface area contributed by atoms with E-state index in [4.69, 9.17) is 0 Å². The van der Waals surface area contributed by atoms with Gasteiger partial charge in [-0.1, -0.05) is 78.8 Å². The lowest BCUT2D eigenvalue weighted by atomic mass is 9.62. The Balaban J connectivity index is 1.89. The number of benzene rings is 2. The minimum Gasteiger partial charge on any atom is -0.0579 e. The monoisotopic (exact) mass is 332 g/mol. The Bertz CT molecular complexity index is 856. The predicted octanol–water partition coefficient (Wildman–Crippen LogP) is 6.90. The Morgan fingerprint density at radius 2 is 1.28 bits per heavy atom. The van der Waals surface area contributed by atoms with Crippen LogP contribution in [0.1, 0.15) is 89.1 Å². The number of hydrogen-bond donors (Lipinski definition) is 0. The molecule has 0 unspecified atom stereocenters. The molecule has 2 aromatic rings. The van der Waals surface area contributed by atoms with E-state index in [0.717, 1.165) is 6.42 Å². The molecule has 0 saturated carbocycles. The summed E-state index contributed by atoms with van der Waals surface area (Å²) in [4.78, 5) is 0. The Morgan fingerprint density at radius 1 is 0.720 bits per heavy atom. The molecule has 0 atom stereocenters. The van der Waals surface area contributed by atoms with Crippen LogP contribution in [0, 0.1) is 0 Å². The molecule has 0 saturated heterocycles. The zero-order chi connectivity index (χ0) is 18.2. The molecule has 0 aromatic heterocycles. The first-order valence-electron chi connectivity index (χ1n) is 9.81. The topological polar surface area (TPSA) is 0 Å². The molecule has 132 valence electrons. The largest absolute Gasteiger partial charge is 0.0579 e. The van der Waals surface area contributed by atoms with Gasteiger partial charge in [-0.25, -0.2) is 0 Å². The first-order valence-corrected chi connectivity index (χ1v) is 9.81. The minimum atomic E-state index is 0.215. The third-order valence-electron chi connectivity index (χ3n) is 6.72. The van der Waals surface area contributed by atoms with Crippen molar-refractivity contribution < 1.29 is 0 Å². The summed E-state index contributed by atoms with van der Waals surface area (Å²) in [6.07, 6.45) is 3.66. The highest BCUT2D eigenvalue weighted by Gasteiger charge is 2.38. The first kappa shape index (κ1) is 16.9. The van der Waals surface area contributed by atoms with Gasteiger partial charge in [0.1, 0.15) is 0 Å². The molecule has 0 heteroatoms. The third-order valence-corrected chi connectivity index (χ3v) is 6.72. The van der Waals surface area contributed by atoms with Crippen molar-refractivity contribution in [3.05, 3.63) is 58.1 Å². The lowest BCUT2D eigenvalue weighted by molar-refractivity contribution is 0.332. The standard InChI is InChI=1S/C25H32/c1-23(2,3)18-8-9-19-16(13-18)12-17-14-21-22(15-20(17)19)25(6,7)11-10-24(21,4)5/h8-9,13-15H,10-12H2,1-7H3. The normalized spacial score (nSPS) is 20.0. The molecule has 0 aliphatic heterocycles. The second-order valence-electron chi connectivity index (χ2n) is 10.6. The molecule has 4 rings (SSSR count). The number of hydrogen-bond acceptors (Lipinski definition) is 0. The molecular formula is C25H32. The average Bonchev–Trinajstić information content (AvgIpc) is 2.87. The molecule has 0 nitrogen and oxygen atoms in total. The Kier molecular flexibility index (Phi) is 3.37. The quantitative estimate of drug-likeness (QED) is 0.420. The zero-order valence-corrected chi connectivity index (χ0v) is 17.0. The van der Waals surface area contributed by atoms with Crippen LogP contribution in [0.3, 0.4) is 0 Å². The van der Waals surface area contributed by atoms with E-state index >= 15 is 0 Å². The molecule has 0 amide bonds. The van der Waals surface area contributed by atoms with Crippen LogP contribution in [0.2, 0.25) is 0 Å². The highest BCUT2D eigenvalue weighted by molar-refractivity contribution is 5.79. The highest BCUT2D eigenvalue weighted by Crippen LogP contribution is 2.50. The van der Waals surface area contributed by atoms with Crippen molar-refractivity contribution in [3.8, 4) is 11.1 Å². The maximum absolute atomic E-state index is 2.54. The average molecular weight is 333 g/mol. The van der Waals surface area contributed by atoms with Gasteiger partial charge in [-0.3, -0.25) is 0 Å². The summed E-state index contributed by atoms with van der Waals surface area (Å²) in [5.41, 5.74) is 11.4. The predicted molar refractivity (Wildman–Crippen MR) is 109 cm³/mol. The van der Waals surface area contributed by atoms with E-state index in [-0.39, 0.29) is 10.8 Å². The van der Waals surface area contributed by atoms with Crippen LogP contribution in [-0.2, 0) is 22.7 Å². The van der Waals surface area contributed by atoms with Crippen molar-refractivity contribution in [1.82, 2.24) is 0 Å². The van der Waals surface area contributed by atoms with Gasteiger partial charge in [0.25, 0.3) is 0 Å². The number of rotatable bonds is 0. The van der Waals surface area contributed by atoms with Gasteiger partial charge >= 0.3 is 0 Å². The maximum Gasteiger partial charge on any atom is -0.00132 e. The summed E-state index contributed by atoms with van der Waals surface area (Å²) in [5.74, 6) is 0. The van der Waals surface area contributed by atoms with E-state index in [0.29, 0.717) is 5.41 Å². The fraction of sp³-hybridized carbons (Fsp3) is 0.520. The second-order valence-corrected chi connectivity index (χ2v) is 10.6. The molecule has 2 aliphatic carbocycles. The van der Waals surface area contributed by atoms with Crippen molar-refractivity contribution >= 4 is 0 Å². The van der Waals surface area contributed by atoms with Crippen LogP contribution in [0.25, 0.3) is 11.1 Å². The van der Waals surface area contributed by atoms with Gasteiger partial charge in [-0.15, -0.1) is 0 Å². The van der Waals surface area contributed by atoms with Gasteiger partial charge in [0.2, 0.25) is 0 Å². The Labute approximate surface area is 153 Å². The van der Waals surface area contributed by atoms with Crippen LogP contribution < -0.4 is 0 Å². The van der Waals surface area contributed by atoms with Crippen LogP contribution in [0.15, 0.2) is 30.3 Å². The Morgan fingerprint density at radius 3 is 1.88 bits per heavy atom. The van der Waals surface area contributed by atoms with Gasteiger partial charge in [0, 0.05) is 0 Å². The van der Waals surface area contributed by atoms with Crippen molar-refractivity contribution in [2.45, 2.75) is 84.0 Å². The van der Waals surface area contributed by atoms with Crippen LogP contribution in [0.5, 0.6) is 0 Å². The minimum absolute atomic E-state index is 0.215. The molecule has 2 aromatic carbocycles. The lowest BCUT2D eigenvalue weighted by Gasteiger charge is -2.42. The number of fused-ring (bicyclic) bond motifs is 4. The summed E-state index contributed by atoms with van der Waals surface area (Å²) in [6, 6.07) is 12.2. The van der Waals surface area contributed by atoms with Gasteiger partial charge in [0.15, 0.2) is 0 Å². The zero-order valence-electron chi connectivity index (χ0n) is 17.0. The molecule has 0 heterocycles. The van der Waals surface area contributed by atoms with E-state index < -0.39 is 0 Å². The third kappa shape index (κ3) is 2.57. The van der Waals surface area contributed by atoms with Crippen molar-refractivity contribution in [1.29, 1.82) is 0 Å². The van der Waals surface area contributed by atoms with Crippen LogP contribution in [0.4, 0.5) is 0 Å². The van der Waals surface area contributed by atoms with Crippen molar-refractivity contribution in [2.24, 2.45) is 0 Å². The van der Waals surface area contributed by atoms with Crippen molar-refractivity contribution in [2.75, 3.05) is 0 Å². The van der Waals surface area contributed by atoms with E-state index in [2.05, 4.69) is 78.8 Å². The maximum atomic E-state index is 2.54. The summed E-state index contributed by atoms with van der Waals surface area (Å²) < 4.78 is 0. The highest BCUT2D eigenvalue weighted by atomic mass is 14.4. The molecular weight excluding hydrogens is 300 g/mol. The van der Waals surface area contributed by atoms with Crippen LogP contribution in [-0.4, -0.2) is 0 Å². The summed E-state index contributed by atoms with van der Waals surface area (Å²) in [6.45, 7) is 16.6. The summed E-state index contributed by atoms with van der Waals surface area (Å²) >= 11 is 0. The molecule has 2 aliphatic rings. The molecule has 0 fully saturated rings. The van der Waals surface area contributed by atoms with Gasteiger partial charge < -0.3 is 0 Å². The van der Waals surface area contributed by atoms with Crippen molar-refractivity contribution in [3.63, 3.8) is 0 Å². The van der Waals surface area contributed by atoms with E-state index in [1.54, 1.807) is 11.1 Å². The van der Waals surface area contributed by atoms with Gasteiger partial charge in [-0.2, -0.15) is 0 Å².